The molecule has 13 nitrogen and oxygen atoms in total. The van der Waals surface area contributed by atoms with Crippen LogP contribution < -0.4 is 0 Å². The van der Waals surface area contributed by atoms with E-state index in [1.165, 1.54) is 35.2 Å². The van der Waals surface area contributed by atoms with Gasteiger partial charge in [-0.05, 0) is 67.2 Å². The second-order valence-corrected chi connectivity index (χ2v) is 14.2. The van der Waals surface area contributed by atoms with E-state index in [2.05, 4.69) is 38.8 Å². The number of ketones is 3. The van der Waals surface area contributed by atoms with E-state index in [-0.39, 0.29) is 41.2 Å². The van der Waals surface area contributed by atoms with Gasteiger partial charge in [-0.3, -0.25) is 28.8 Å². The van der Waals surface area contributed by atoms with Gasteiger partial charge in [-0.15, -0.1) is 18.9 Å². The van der Waals surface area contributed by atoms with E-state index in [9.17, 15) is 28.8 Å². The summed E-state index contributed by atoms with van der Waals surface area (Å²) in [5.74, 6) is -0.348. The molecular weight excluding hydrogens is 712 g/mol. The number of allylic oxidation sites excluding steroid dienone is 2. The van der Waals surface area contributed by atoms with Crippen LogP contribution >= 0.6 is 0 Å². The summed E-state index contributed by atoms with van der Waals surface area (Å²) in [5, 5.41) is 9.16. The molecule has 0 aliphatic carbocycles. The third kappa shape index (κ3) is 10.2. The van der Waals surface area contributed by atoms with Crippen molar-refractivity contribution in [2.75, 3.05) is 21.3 Å². The number of hydrogen-bond donors (Lipinski definition) is 1. The number of rotatable bonds is 11. The number of hydrogen-bond acceptors (Lipinski definition) is 13. The highest BCUT2D eigenvalue weighted by molar-refractivity contribution is 6.14. The van der Waals surface area contributed by atoms with Crippen molar-refractivity contribution in [2.24, 2.45) is 16.2 Å². The molecule has 13 heteroatoms. The van der Waals surface area contributed by atoms with Gasteiger partial charge >= 0.3 is 17.9 Å². The van der Waals surface area contributed by atoms with E-state index in [4.69, 9.17) is 40.0 Å². The fraction of sp³-hybridized carbons (Fsp3) is 0.571. The molecule has 0 amide bonds. The van der Waals surface area contributed by atoms with Crippen LogP contribution in [-0.4, -0.2) is 98.3 Å². The van der Waals surface area contributed by atoms with Crippen molar-refractivity contribution in [3.8, 4) is 12.3 Å². The van der Waals surface area contributed by atoms with Gasteiger partial charge in [0.25, 0.3) is 0 Å². The first kappa shape index (κ1) is 48.4. The molecule has 0 spiro atoms. The molecule has 3 rings (SSSR count). The van der Waals surface area contributed by atoms with Crippen LogP contribution in [0.1, 0.15) is 80.1 Å². The van der Waals surface area contributed by atoms with E-state index in [1.807, 2.05) is 0 Å². The Morgan fingerprint density at radius 3 is 1.29 bits per heavy atom. The zero-order chi connectivity index (χ0) is 42.6. The van der Waals surface area contributed by atoms with Gasteiger partial charge in [0.2, 0.25) is 0 Å². The van der Waals surface area contributed by atoms with Crippen LogP contribution in [0.25, 0.3) is 0 Å². The molecule has 3 fully saturated rings. The monoisotopic (exact) mass is 770 g/mol. The molecule has 55 heavy (non-hydrogen) atoms. The Kier molecular flexibility index (Phi) is 17.9. The molecule has 0 aromatic heterocycles. The van der Waals surface area contributed by atoms with Crippen molar-refractivity contribution in [2.45, 2.75) is 117 Å². The number of aliphatic hydroxyl groups is 1. The molecule has 0 unspecified atom stereocenters. The van der Waals surface area contributed by atoms with Gasteiger partial charge in [0, 0.05) is 29.6 Å². The van der Waals surface area contributed by atoms with Crippen LogP contribution in [0.3, 0.4) is 0 Å². The zero-order valence-electron chi connectivity index (χ0n) is 33.7. The molecule has 3 aliphatic rings. The molecule has 0 radical (unpaired) electrons. The lowest BCUT2D eigenvalue weighted by Gasteiger charge is -2.41. The zero-order valence-corrected chi connectivity index (χ0v) is 33.7. The van der Waals surface area contributed by atoms with Crippen LogP contribution in [0, 0.1) is 28.6 Å². The number of esters is 3. The lowest BCUT2D eigenvalue weighted by molar-refractivity contribution is -0.176. The predicted octanol–water partition coefficient (Wildman–Crippen LogP) is 5.47. The van der Waals surface area contributed by atoms with Gasteiger partial charge in [-0.2, -0.15) is 0 Å². The minimum Gasteiger partial charge on any atom is -0.513 e. The Balaban J connectivity index is 0.000000413. The molecule has 0 aromatic rings. The Morgan fingerprint density at radius 1 is 0.709 bits per heavy atom. The van der Waals surface area contributed by atoms with Gasteiger partial charge < -0.3 is 33.5 Å². The lowest BCUT2D eigenvalue weighted by Crippen LogP contribution is -2.55. The summed E-state index contributed by atoms with van der Waals surface area (Å²) >= 11 is 0. The lowest BCUT2D eigenvalue weighted by atomic mass is 9.72. The Labute approximate surface area is 325 Å². The normalized spacial score (nSPS) is 31.7. The fourth-order valence-corrected chi connectivity index (χ4v) is 6.55. The highest BCUT2D eigenvalue weighted by Crippen LogP contribution is 2.41. The van der Waals surface area contributed by atoms with Gasteiger partial charge in [-0.25, -0.2) is 0 Å². The number of carbonyl (C=O) groups is 6. The number of Topliss-reactive ketones (excluding diaryl/α,β-unsaturated/α-hetero) is 3. The topological polar surface area (TPSA) is 178 Å². The average molecular weight is 771 g/mol. The first-order valence-electron chi connectivity index (χ1n) is 17.9. The van der Waals surface area contributed by atoms with Crippen LogP contribution in [0.5, 0.6) is 0 Å². The number of methoxy groups -OCH3 is 3. The summed E-state index contributed by atoms with van der Waals surface area (Å²) in [7, 11) is 3.75. The standard InChI is InChI=1S/C14H20O5.C14H20O4.C14H18O4/c1-8(15)6-7-11-14(4,13(17)18-5)12(16)9(2)10(3)19-11;2*1-6-7-8-11-14(4,13(16)17-5)12(15)9(2)10(3)18-11/h10-11,15H,1-2,6-7H2,3-5H3;6,10-11H,1-2,7-8H2,3-5H3;1,10-11H,2,7-8H2,3-5H3/t3*10-,11+,14-/m111/s1. The van der Waals surface area contributed by atoms with E-state index >= 15 is 0 Å². The second kappa shape index (κ2) is 20.3. The molecule has 304 valence electrons. The molecule has 9 atom stereocenters. The minimum atomic E-state index is -1.42. The maximum Gasteiger partial charge on any atom is 0.322 e. The molecule has 0 saturated carbocycles. The Morgan fingerprint density at radius 2 is 1.02 bits per heavy atom. The first-order valence-corrected chi connectivity index (χ1v) is 17.9. The maximum absolute atomic E-state index is 12.3. The first-order chi connectivity index (χ1) is 25.5. The number of carbonyl (C=O) groups excluding carboxylic acids is 6. The fourth-order valence-electron chi connectivity index (χ4n) is 6.55. The van der Waals surface area contributed by atoms with Gasteiger partial charge in [0.15, 0.2) is 33.6 Å². The Hall–Kier alpha value is -4.64. The molecule has 0 aromatic carbocycles. The summed E-state index contributed by atoms with van der Waals surface area (Å²) in [6, 6.07) is 0. The Bertz CT molecular complexity index is 1600. The SMILES string of the molecule is C#CCC[C@@H]1O[C@H](C)C(=C)C(=O)[C@]1(C)C(=O)OC.C=C(O)CC[C@@H]1O[C@H](C)C(=C)C(=O)[C@]1(C)C(=O)OC.C=CCC[C@@H]1O[C@H](C)C(=C)C(=O)[C@]1(C)C(=O)OC. The number of aliphatic hydroxyl groups excluding tert-OH is 1. The largest absolute Gasteiger partial charge is 0.513 e. The molecule has 3 aliphatic heterocycles. The average Bonchev–Trinajstić information content (AvgIpc) is 3.17. The summed E-state index contributed by atoms with van der Waals surface area (Å²) < 4.78 is 31.3. The summed E-state index contributed by atoms with van der Waals surface area (Å²) in [4.78, 5) is 72.8. The number of ether oxygens (including phenoxy) is 6. The summed E-state index contributed by atoms with van der Waals surface area (Å²) in [6.07, 6.45) is 6.63. The molecule has 3 heterocycles. The van der Waals surface area contributed by atoms with Crippen molar-refractivity contribution in [1.82, 2.24) is 0 Å². The van der Waals surface area contributed by atoms with Crippen LogP contribution in [-0.2, 0) is 57.2 Å². The van der Waals surface area contributed by atoms with Crippen molar-refractivity contribution in [3.63, 3.8) is 0 Å². The van der Waals surface area contributed by atoms with Gasteiger partial charge in [-0.1, -0.05) is 32.4 Å². The van der Waals surface area contributed by atoms with E-state index in [0.717, 1.165) is 0 Å². The van der Waals surface area contributed by atoms with Crippen LogP contribution in [0.2, 0.25) is 0 Å². The highest BCUT2D eigenvalue weighted by atomic mass is 16.5. The third-order valence-electron chi connectivity index (χ3n) is 10.5. The van der Waals surface area contributed by atoms with Gasteiger partial charge in [0.05, 0.1) is 63.7 Å². The van der Waals surface area contributed by atoms with Crippen molar-refractivity contribution < 1.29 is 62.3 Å². The third-order valence-corrected chi connectivity index (χ3v) is 10.5. The quantitative estimate of drug-likeness (QED) is 0.0533. The minimum absolute atomic E-state index is 0.0136. The summed E-state index contributed by atoms with van der Waals surface area (Å²) in [5.41, 5.74) is -3.21. The highest BCUT2D eigenvalue weighted by Gasteiger charge is 2.56. The van der Waals surface area contributed by atoms with E-state index in [1.54, 1.807) is 33.8 Å². The van der Waals surface area contributed by atoms with Crippen LogP contribution in [0.15, 0.2) is 61.4 Å². The van der Waals surface area contributed by atoms with Gasteiger partial charge in [0.1, 0.15) is 0 Å². The van der Waals surface area contributed by atoms with E-state index < -0.39 is 64.7 Å². The smallest absolute Gasteiger partial charge is 0.322 e. The predicted molar refractivity (Wildman–Crippen MR) is 204 cm³/mol. The summed E-state index contributed by atoms with van der Waals surface area (Å²) in [6.45, 7) is 27.9. The van der Waals surface area contributed by atoms with Crippen molar-refractivity contribution in [1.29, 1.82) is 0 Å². The molecular formula is C42H58O13. The second-order valence-electron chi connectivity index (χ2n) is 14.2. The van der Waals surface area contributed by atoms with Crippen molar-refractivity contribution in [3.05, 3.63) is 61.4 Å². The van der Waals surface area contributed by atoms with E-state index in [0.29, 0.717) is 43.3 Å². The molecule has 0 bridgehead atoms. The maximum atomic E-state index is 12.3. The molecule has 1 N–H and O–H groups in total. The number of terminal acetylenes is 1. The molecule has 3 saturated heterocycles. The van der Waals surface area contributed by atoms with Crippen LogP contribution in [0.4, 0.5) is 0 Å². The van der Waals surface area contributed by atoms with Crippen molar-refractivity contribution >= 4 is 35.3 Å².